The molecule has 3 saturated carbocycles. The second-order valence-corrected chi connectivity index (χ2v) is 9.61. The van der Waals surface area contributed by atoms with Gasteiger partial charge in [-0.1, -0.05) is 27.2 Å². The number of carbonyl (C=O) groups is 1. The van der Waals surface area contributed by atoms with Gasteiger partial charge >= 0.3 is 0 Å². The standard InChI is InChI=1S/C20H33NO/c1-13-12-16-20(3,11-8-17(22)21(16)4)15-7-10-19(2)9-5-6-14(19)18(13)15/h13-16,18H,5-12H2,1-4H3/t13?,14?,15?,16?,18?,19?,20-/m1/s1. The van der Waals surface area contributed by atoms with Gasteiger partial charge in [0.25, 0.3) is 0 Å². The predicted molar refractivity (Wildman–Crippen MR) is 89.3 cm³/mol. The minimum absolute atomic E-state index is 0.379. The molecule has 3 aliphatic carbocycles. The lowest BCUT2D eigenvalue weighted by molar-refractivity contribution is -0.164. The topological polar surface area (TPSA) is 20.3 Å². The van der Waals surface area contributed by atoms with Crippen molar-refractivity contribution in [3.63, 3.8) is 0 Å². The average Bonchev–Trinajstić information content (AvgIpc) is 2.87. The van der Waals surface area contributed by atoms with Gasteiger partial charge in [-0.25, -0.2) is 0 Å². The van der Waals surface area contributed by atoms with Crippen LogP contribution >= 0.6 is 0 Å². The lowest BCUT2D eigenvalue weighted by Gasteiger charge is -2.63. The molecule has 124 valence electrons. The SMILES string of the molecule is CC1CC2N(C)C(=O)CC[C@]2(C)C2CCC3(C)CCCC3C12. The fourth-order valence-electron chi connectivity index (χ4n) is 7.45. The van der Waals surface area contributed by atoms with Crippen LogP contribution in [0.25, 0.3) is 0 Å². The van der Waals surface area contributed by atoms with Crippen LogP contribution in [0.2, 0.25) is 0 Å². The molecule has 0 spiro atoms. The highest BCUT2D eigenvalue weighted by atomic mass is 16.2. The Hall–Kier alpha value is -0.530. The van der Waals surface area contributed by atoms with Crippen molar-refractivity contribution >= 4 is 5.91 Å². The maximum atomic E-state index is 12.2. The van der Waals surface area contributed by atoms with Gasteiger partial charge in [0.15, 0.2) is 0 Å². The van der Waals surface area contributed by atoms with Gasteiger partial charge in [-0.05, 0) is 73.0 Å². The van der Waals surface area contributed by atoms with E-state index in [2.05, 4.69) is 32.7 Å². The van der Waals surface area contributed by atoms with Crippen LogP contribution in [0.15, 0.2) is 0 Å². The van der Waals surface area contributed by atoms with E-state index >= 15 is 0 Å². The molecule has 2 nitrogen and oxygen atoms in total. The number of likely N-dealkylation sites (tertiary alicyclic amines) is 1. The van der Waals surface area contributed by atoms with Crippen LogP contribution in [0.4, 0.5) is 0 Å². The maximum Gasteiger partial charge on any atom is 0.222 e. The van der Waals surface area contributed by atoms with E-state index in [1.54, 1.807) is 0 Å². The van der Waals surface area contributed by atoms with Gasteiger partial charge in [-0.15, -0.1) is 0 Å². The minimum Gasteiger partial charge on any atom is -0.342 e. The molecule has 0 aromatic rings. The summed E-state index contributed by atoms with van der Waals surface area (Å²) in [6.07, 6.45) is 10.4. The molecule has 4 fully saturated rings. The second kappa shape index (κ2) is 4.74. The molecule has 0 aromatic carbocycles. The Bertz CT molecular complexity index is 488. The van der Waals surface area contributed by atoms with E-state index in [1.165, 1.54) is 38.5 Å². The van der Waals surface area contributed by atoms with Crippen LogP contribution in [0.5, 0.6) is 0 Å². The molecule has 22 heavy (non-hydrogen) atoms. The largest absolute Gasteiger partial charge is 0.342 e. The first-order valence-electron chi connectivity index (χ1n) is 9.62. The van der Waals surface area contributed by atoms with Crippen molar-refractivity contribution in [2.45, 2.75) is 78.2 Å². The van der Waals surface area contributed by atoms with Crippen molar-refractivity contribution in [1.29, 1.82) is 0 Å². The molecule has 4 rings (SSSR count). The Morgan fingerprint density at radius 3 is 2.64 bits per heavy atom. The van der Waals surface area contributed by atoms with E-state index in [4.69, 9.17) is 0 Å². The smallest absolute Gasteiger partial charge is 0.222 e. The van der Waals surface area contributed by atoms with Crippen LogP contribution in [0.3, 0.4) is 0 Å². The van der Waals surface area contributed by atoms with Gasteiger partial charge in [-0.2, -0.15) is 0 Å². The molecule has 1 amide bonds. The summed E-state index contributed by atoms with van der Waals surface area (Å²) in [6, 6.07) is 0.496. The Labute approximate surface area is 136 Å². The number of piperidine rings is 1. The first-order chi connectivity index (χ1) is 10.4. The van der Waals surface area contributed by atoms with Crippen molar-refractivity contribution in [2.75, 3.05) is 7.05 Å². The summed E-state index contributed by atoms with van der Waals surface area (Å²) in [4.78, 5) is 14.3. The molecule has 1 saturated heterocycles. The Morgan fingerprint density at radius 1 is 1.09 bits per heavy atom. The third-order valence-corrected chi connectivity index (χ3v) is 8.71. The van der Waals surface area contributed by atoms with Crippen molar-refractivity contribution in [2.24, 2.45) is 34.5 Å². The fraction of sp³-hybridized carbons (Fsp3) is 0.950. The Balaban J connectivity index is 1.70. The zero-order chi connectivity index (χ0) is 15.7. The van der Waals surface area contributed by atoms with E-state index in [0.717, 1.165) is 36.5 Å². The Kier molecular flexibility index (Phi) is 3.24. The summed E-state index contributed by atoms with van der Waals surface area (Å²) in [6.45, 7) is 7.61. The molecule has 6 unspecified atom stereocenters. The quantitative estimate of drug-likeness (QED) is 0.646. The number of amides is 1. The molecular formula is C20H33NO. The molecule has 0 aromatic heterocycles. The third-order valence-electron chi connectivity index (χ3n) is 8.71. The summed E-state index contributed by atoms with van der Waals surface area (Å²) in [5.74, 6) is 3.91. The van der Waals surface area contributed by atoms with Crippen LogP contribution < -0.4 is 0 Å². The maximum absolute atomic E-state index is 12.2. The highest BCUT2D eigenvalue weighted by molar-refractivity contribution is 5.77. The van der Waals surface area contributed by atoms with Crippen LogP contribution in [0.1, 0.15) is 72.1 Å². The monoisotopic (exact) mass is 303 g/mol. The zero-order valence-electron chi connectivity index (χ0n) is 14.9. The third kappa shape index (κ3) is 1.82. The van der Waals surface area contributed by atoms with Crippen molar-refractivity contribution in [3.05, 3.63) is 0 Å². The highest BCUT2D eigenvalue weighted by Gasteiger charge is 2.60. The summed E-state index contributed by atoms with van der Waals surface area (Å²) in [5, 5.41) is 0. The lowest BCUT2D eigenvalue weighted by atomic mass is 9.45. The minimum atomic E-state index is 0.379. The summed E-state index contributed by atoms with van der Waals surface area (Å²) < 4.78 is 0. The molecular weight excluding hydrogens is 270 g/mol. The van der Waals surface area contributed by atoms with Gasteiger partial charge in [0, 0.05) is 19.5 Å². The van der Waals surface area contributed by atoms with E-state index in [1.807, 2.05) is 0 Å². The number of carbonyl (C=O) groups excluding carboxylic acids is 1. The summed E-state index contributed by atoms with van der Waals surface area (Å²) in [7, 11) is 2.07. The highest BCUT2D eigenvalue weighted by Crippen LogP contribution is 2.65. The number of fused-ring (bicyclic) bond motifs is 5. The van der Waals surface area contributed by atoms with Gasteiger partial charge in [0.05, 0.1) is 0 Å². The van der Waals surface area contributed by atoms with Crippen molar-refractivity contribution in [1.82, 2.24) is 4.90 Å². The van der Waals surface area contributed by atoms with Gasteiger partial charge < -0.3 is 4.90 Å². The molecule has 7 atom stereocenters. The van der Waals surface area contributed by atoms with Gasteiger partial charge in [0.2, 0.25) is 5.91 Å². The van der Waals surface area contributed by atoms with E-state index in [9.17, 15) is 4.79 Å². The molecule has 0 N–H and O–H groups in total. The fourth-order valence-corrected chi connectivity index (χ4v) is 7.45. The number of hydrogen-bond acceptors (Lipinski definition) is 1. The van der Waals surface area contributed by atoms with Crippen molar-refractivity contribution in [3.8, 4) is 0 Å². The van der Waals surface area contributed by atoms with Crippen LogP contribution in [-0.4, -0.2) is 23.9 Å². The first-order valence-corrected chi connectivity index (χ1v) is 9.62. The number of nitrogens with zero attached hydrogens (tertiary/aromatic N) is 1. The van der Waals surface area contributed by atoms with E-state index in [0.29, 0.717) is 22.8 Å². The predicted octanol–water partition coefficient (Wildman–Crippen LogP) is 4.49. The normalized spacial score (nSPS) is 54.6. The molecule has 4 aliphatic rings. The Morgan fingerprint density at radius 2 is 1.86 bits per heavy atom. The number of hydrogen-bond donors (Lipinski definition) is 0. The average molecular weight is 303 g/mol. The van der Waals surface area contributed by atoms with Crippen LogP contribution in [-0.2, 0) is 4.79 Å². The van der Waals surface area contributed by atoms with E-state index in [-0.39, 0.29) is 0 Å². The molecule has 1 heterocycles. The molecule has 0 radical (unpaired) electrons. The first kappa shape index (κ1) is 15.0. The molecule has 0 bridgehead atoms. The molecule has 2 heteroatoms. The zero-order valence-corrected chi connectivity index (χ0v) is 14.9. The second-order valence-electron chi connectivity index (χ2n) is 9.61. The molecule has 1 aliphatic heterocycles. The lowest BCUT2D eigenvalue weighted by Crippen LogP contribution is -2.62. The summed E-state index contributed by atoms with van der Waals surface area (Å²) >= 11 is 0. The van der Waals surface area contributed by atoms with Gasteiger partial charge in [0.1, 0.15) is 0 Å². The summed E-state index contributed by atoms with van der Waals surface area (Å²) in [5.41, 5.74) is 1.01. The van der Waals surface area contributed by atoms with Crippen LogP contribution in [0, 0.1) is 34.5 Å². The van der Waals surface area contributed by atoms with Gasteiger partial charge in [-0.3, -0.25) is 4.79 Å². The van der Waals surface area contributed by atoms with Crippen molar-refractivity contribution < 1.29 is 4.79 Å². The van der Waals surface area contributed by atoms with E-state index < -0.39 is 0 Å². The number of rotatable bonds is 0.